The average molecular weight is 278 g/mol. The average Bonchev–Trinajstić information content (AvgIpc) is 2.46. The molecule has 2 rings (SSSR count). The van der Waals surface area contributed by atoms with Gasteiger partial charge in [0.1, 0.15) is 17.2 Å². The smallest absolute Gasteiger partial charge is 0.296 e. The quantitative estimate of drug-likeness (QED) is 0.625. The lowest BCUT2D eigenvalue weighted by atomic mass is 9.93. The normalized spacial score (nSPS) is 16.0. The van der Waals surface area contributed by atoms with Crippen LogP contribution in [0.1, 0.15) is 25.7 Å². The number of carbonyl (C=O) groups excluding carboxylic acids is 1. The SMILES string of the molecule is COc1ccc(N(C)C2CCC(=O)CC2)c([N+](=O)[O-])c1. The zero-order valence-electron chi connectivity index (χ0n) is 11.7. The first-order valence-corrected chi connectivity index (χ1v) is 6.60. The summed E-state index contributed by atoms with van der Waals surface area (Å²) >= 11 is 0. The minimum atomic E-state index is -0.400. The highest BCUT2D eigenvalue weighted by atomic mass is 16.6. The lowest BCUT2D eigenvalue weighted by molar-refractivity contribution is -0.384. The number of anilines is 1. The first-order chi connectivity index (χ1) is 9.52. The van der Waals surface area contributed by atoms with Crippen LogP contribution in [0.4, 0.5) is 11.4 Å². The van der Waals surface area contributed by atoms with E-state index in [0.717, 1.165) is 12.8 Å². The molecule has 1 saturated carbocycles. The standard InChI is InChI=1S/C14H18N2O4/c1-15(10-3-5-11(17)6-4-10)13-8-7-12(20-2)9-14(13)16(18)19/h7-10H,3-6H2,1-2H3. The van der Waals surface area contributed by atoms with Crippen LogP contribution >= 0.6 is 0 Å². The molecule has 20 heavy (non-hydrogen) atoms. The molecule has 0 aromatic heterocycles. The van der Waals surface area contributed by atoms with Gasteiger partial charge in [-0.05, 0) is 25.0 Å². The molecular weight excluding hydrogens is 260 g/mol. The highest BCUT2D eigenvalue weighted by Crippen LogP contribution is 2.34. The maximum Gasteiger partial charge on any atom is 0.296 e. The van der Waals surface area contributed by atoms with E-state index in [-0.39, 0.29) is 17.5 Å². The Kier molecular flexibility index (Phi) is 4.22. The summed E-state index contributed by atoms with van der Waals surface area (Å²) in [6, 6.07) is 5.01. The first kappa shape index (κ1) is 14.3. The molecule has 0 heterocycles. The van der Waals surface area contributed by atoms with Crippen LogP contribution < -0.4 is 9.64 Å². The van der Waals surface area contributed by atoms with Crippen molar-refractivity contribution in [3.63, 3.8) is 0 Å². The number of Topliss-reactive ketones (excluding diaryl/α,β-unsaturated/α-hetero) is 1. The van der Waals surface area contributed by atoms with E-state index in [2.05, 4.69) is 0 Å². The van der Waals surface area contributed by atoms with Gasteiger partial charge in [0, 0.05) is 25.9 Å². The van der Waals surface area contributed by atoms with Crippen molar-refractivity contribution in [1.29, 1.82) is 0 Å². The predicted octanol–water partition coefficient (Wildman–Crippen LogP) is 2.55. The molecule has 1 aromatic carbocycles. The van der Waals surface area contributed by atoms with E-state index in [1.807, 2.05) is 11.9 Å². The van der Waals surface area contributed by atoms with Crippen LogP contribution in [0, 0.1) is 10.1 Å². The molecule has 0 spiro atoms. The minimum absolute atomic E-state index is 0.0313. The fourth-order valence-corrected chi connectivity index (χ4v) is 2.58. The van der Waals surface area contributed by atoms with Crippen molar-refractivity contribution in [2.75, 3.05) is 19.1 Å². The second kappa shape index (κ2) is 5.90. The van der Waals surface area contributed by atoms with Crippen molar-refractivity contribution in [2.45, 2.75) is 31.7 Å². The predicted molar refractivity (Wildman–Crippen MR) is 75.3 cm³/mol. The van der Waals surface area contributed by atoms with Gasteiger partial charge in [-0.2, -0.15) is 0 Å². The fourth-order valence-electron chi connectivity index (χ4n) is 2.58. The Balaban J connectivity index is 2.26. The van der Waals surface area contributed by atoms with Gasteiger partial charge < -0.3 is 9.64 Å². The van der Waals surface area contributed by atoms with Crippen LogP contribution in [0.5, 0.6) is 5.75 Å². The summed E-state index contributed by atoms with van der Waals surface area (Å²) in [7, 11) is 3.32. The third-order valence-electron chi connectivity index (χ3n) is 3.82. The van der Waals surface area contributed by atoms with Gasteiger partial charge in [-0.25, -0.2) is 0 Å². The number of rotatable bonds is 4. The molecule has 6 heteroatoms. The van der Waals surface area contributed by atoms with Crippen molar-refractivity contribution in [1.82, 2.24) is 0 Å². The molecule has 1 fully saturated rings. The molecule has 1 aliphatic carbocycles. The van der Waals surface area contributed by atoms with Gasteiger partial charge in [0.2, 0.25) is 0 Å². The van der Waals surface area contributed by atoms with Gasteiger partial charge in [-0.15, -0.1) is 0 Å². The molecule has 0 atom stereocenters. The maximum absolute atomic E-state index is 11.3. The molecule has 0 unspecified atom stereocenters. The summed E-state index contributed by atoms with van der Waals surface area (Å²) in [6.45, 7) is 0. The number of ketones is 1. The Hall–Kier alpha value is -2.11. The second-order valence-electron chi connectivity index (χ2n) is 4.99. The highest BCUT2D eigenvalue weighted by Gasteiger charge is 2.26. The van der Waals surface area contributed by atoms with Gasteiger partial charge in [-0.1, -0.05) is 0 Å². The molecule has 1 aliphatic rings. The molecule has 6 nitrogen and oxygen atoms in total. The first-order valence-electron chi connectivity index (χ1n) is 6.60. The topological polar surface area (TPSA) is 72.7 Å². The number of ether oxygens (including phenoxy) is 1. The summed E-state index contributed by atoms with van der Waals surface area (Å²) in [4.78, 5) is 24.0. The van der Waals surface area contributed by atoms with Crippen molar-refractivity contribution >= 4 is 17.2 Å². The van der Waals surface area contributed by atoms with E-state index in [1.54, 1.807) is 12.1 Å². The fraction of sp³-hybridized carbons (Fsp3) is 0.500. The Morgan fingerprint density at radius 3 is 2.55 bits per heavy atom. The third-order valence-corrected chi connectivity index (χ3v) is 3.82. The van der Waals surface area contributed by atoms with Crippen LogP contribution in [0.25, 0.3) is 0 Å². The number of nitro benzene ring substituents is 1. The Morgan fingerprint density at radius 1 is 1.35 bits per heavy atom. The molecule has 0 aliphatic heterocycles. The summed E-state index contributed by atoms with van der Waals surface area (Å²) in [5.41, 5.74) is 0.596. The molecule has 0 amide bonds. The minimum Gasteiger partial charge on any atom is -0.496 e. The zero-order chi connectivity index (χ0) is 14.7. The molecule has 108 valence electrons. The van der Waals surface area contributed by atoms with Gasteiger partial charge in [0.25, 0.3) is 5.69 Å². The molecule has 0 N–H and O–H groups in total. The summed E-state index contributed by atoms with van der Waals surface area (Å²) in [6.07, 6.45) is 2.61. The van der Waals surface area contributed by atoms with Gasteiger partial charge >= 0.3 is 0 Å². The van der Waals surface area contributed by atoms with Crippen LogP contribution in [-0.2, 0) is 4.79 Å². The number of methoxy groups -OCH3 is 1. The van der Waals surface area contributed by atoms with Crippen LogP contribution in [0.3, 0.4) is 0 Å². The van der Waals surface area contributed by atoms with Crippen LogP contribution in [0.2, 0.25) is 0 Å². The van der Waals surface area contributed by atoms with Gasteiger partial charge in [0.05, 0.1) is 18.1 Å². The third kappa shape index (κ3) is 2.89. The van der Waals surface area contributed by atoms with Crippen LogP contribution in [0.15, 0.2) is 18.2 Å². The van der Waals surface area contributed by atoms with Crippen LogP contribution in [-0.4, -0.2) is 30.9 Å². The molecule has 1 aromatic rings. The number of nitro groups is 1. The molecule has 0 radical (unpaired) electrons. The van der Waals surface area contributed by atoms with E-state index in [4.69, 9.17) is 4.74 Å². The van der Waals surface area contributed by atoms with Crippen molar-refractivity contribution < 1.29 is 14.5 Å². The lowest BCUT2D eigenvalue weighted by Crippen LogP contribution is -2.35. The largest absolute Gasteiger partial charge is 0.496 e. The number of carbonyl (C=O) groups is 1. The van der Waals surface area contributed by atoms with Crippen molar-refractivity contribution in [3.8, 4) is 5.75 Å². The number of nitrogens with zero attached hydrogens (tertiary/aromatic N) is 2. The maximum atomic E-state index is 11.3. The summed E-state index contributed by atoms with van der Waals surface area (Å²) in [5.74, 6) is 0.742. The Morgan fingerprint density at radius 2 is 2.00 bits per heavy atom. The number of hydrogen-bond donors (Lipinski definition) is 0. The van der Waals surface area contributed by atoms with E-state index in [1.165, 1.54) is 13.2 Å². The molecule has 0 bridgehead atoms. The van der Waals surface area contributed by atoms with E-state index < -0.39 is 4.92 Å². The molecular formula is C14H18N2O4. The highest BCUT2D eigenvalue weighted by molar-refractivity contribution is 5.79. The Bertz CT molecular complexity index is 520. The van der Waals surface area contributed by atoms with Crippen molar-refractivity contribution in [2.24, 2.45) is 0 Å². The second-order valence-corrected chi connectivity index (χ2v) is 4.99. The summed E-state index contributed by atoms with van der Waals surface area (Å²) < 4.78 is 5.03. The zero-order valence-corrected chi connectivity index (χ0v) is 11.7. The van der Waals surface area contributed by atoms with Gasteiger partial charge in [0.15, 0.2) is 0 Å². The van der Waals surface area contributed by atoms with E-state index in [9.17, 15) is 14.9 Å². The lowest BCUT2D eigenvalue weighted by Gasteiger charge is -2.32. The van der Waals surface area contributed by atoms with Crippen molar-refractivity contribution in [3.05, 3.63) is 28.3 Å². The number of benzene rings is 1. The Labute approximate surface area is 117 Å². The van der Waals surface area contributed by atoms with E-state index in [0.29, 0.717) is 24.3 Å². The van der Waals surface area contributed by atoms with E-state index >= 15 is 0 Å². The molecule has 0 saturated heterocycles. The number of hydrogen-bond acceptors (Lipinski definition) is 5. The van der Waals surface area contributed by atoms with Gasteiger partial charge in [-0.3, -0.25) is 14.9 Å². The summed E-state index contributed by atoms with van der Waals surface area (Å²) in [5, 5.41) is 11.2. The monoisotopic (exact) mass is 278 g/mol.